The van der Waals surface area contributed by atoms with Crippen LogP contribution in [0.2, 0.25) is 0 Å². The van der Waals surface area contributed by atoms with E-state index in [-0.39, 0.29) is 5.75 Å². The van der Waals surface area contributed by atoms with Crippen molar-refractivity contribution in [2.24, 2.45) is 0 Å². The molecular formula is C18H18O5. The fourth-order valence-electron chi connectivity index (χ4n) is 2.94. The molecule has 0 bridgehead atoms. The molecule has 0 amide bonds. The summed E-state index contributed by atoms with van der Waals surface area (Å²) in [6, 6.07) is 9.18. The number of methoxy groups -OCH3 is 4. The predicted octanol–water partition coefficient (Wildman–Crippen LogP) is 3.73. The number of rotatable bonds is 4. The summed E-state index contributed by atoms with van der Waals surface area (Å²) in [4.78, 5) is 0. The minimum absolute atomic E-state index is 0.0961. The van der Waals surface area contributed by atoms with Crippen molar-refractivity contribution in [1.29, 1.82) is 0 Å². The van der Waals surface area contributed by atoms with Crippen LogP contribution in [0.3, 0.4) is 0 Å². The Labute approximate surface area is 134 Å². The molecule has 23 heavy (non-hydrogen) atoms. The molecule has 0 heterocycles. The van der Waals surface area contributed by atoms with Crippen molar-refractivity contribution in [2.75, 3.05) is 28.4 Å². The average Bonchev–Trinajstić information content (AvgIpc) is 2.59. The number of phenols is 1. The fourth-order valence-corrected chi connectivity index (χ4v) is 2.94. The maximum absolute atomic E-state index is 9.99. The maximum Gasteiger partial charge on any atom is 0.203 e. The summed E-state index contributed by atoms with van der Waals surface area (Å²) in [5.74, 6) is 2.24. The average molecular weight is 314 g/mol. The largest absolute Gasteiger partial charge is 0.504 e. The lowest BCUT2D eigenvalue weighted by atomic mass is 9.99. The molecule has 3 aromatic rings. The Morgan fingerprint density at radius 3 is 1.96 bits per heavy atom. The van der Waals surface area contributed by atoms with E-state index < -0.39 is 0 Å². The molecule has 0 radical (unpaired) electrons. The number of aromatic hydroxyl groups is 1. The van der Waals surface area contributed by atoms with Crippen LogP contribution in [0.1, 0.15) is 0 Å². The maximum atomic E-state index is 9.99. The van der Waals surface area contributed by atoms with Crippen molar-refractivity contribution in [3.05, 3.63) is 30.3 Å². The molecule has 0 unspecified atom stereocenters. The van der Waals surface area contributed by atoms with Gasteiger partial charge in [0.25, 0.3) is 0 Å². The lowest BCUT2D eigenvalue weighted by Crippen LogP contribution is -1.96. The Morgan fingerprint density at radius 1 is 0.696 bits per heavy atom. The Morgan fingerprint density at radius 2 is 1.35 bits per heavy atom. The number of hydrogen-bond acceptors (Lipinski definition) is 5. The second-order valence-electron chi connectivity index (χ2n) is 5.02. The normalized spacial score (nSPS) is 10.8. The molecule has 0 aromatic heterocycles. The van der Waals surface area contributed by atoms with E-state index in [1.165, 1.54) is 7.11 Å². The van der Waals surface area contributed by atoms with Gasteiger partial charge in [0.1, 0.15) is 0 Å². The van der Waals surface area contributed by atoms with E-state index in [9.17, 15) is 5.11 Å². The van der Waals surface area contributed by atoms with Crippen LogP contribution in [0.25, 0.3) is 21.5 Å². The highest BCUT2D eigenvalue weighted by Gasteiger charge is 2.19. The minimum atomic E-state index is 0.0961. The first-order valence-corrected chi connectivity index (χ1v) is 7.07. The first-order chi connectivity index (χ1) is 11.2. The zero-order chi connectivity index (χ0) is 16.6. The van der Waals surface area contributed by atoms with Gasteiger partial charge in [0, 0.05) is 10.8 Å². The van der Waals surface area contributed by atoms with Crippen molar-refractivity contribution in [1.82, 2.24) is 0 Å². The van der Waals surface area contributed by atoms with E-state index in [4.69, 9.17) is 18.9 Å². The molecule has 0 aliphatic carbocycles. The van der Waals surface area contributed by atoms with Gasteiger partial charge in [-0.15, -0.1) is 0 Å². The summed E-state index contributed by atoms with van der Waals surface area (Å²) >= 11 is 0. The monoisotopic (exact) mass is 314 g/mol. The molecule has 0 spiro atoms. The van der Waals surface area contributed by atoms with E-state index in [2.05, 4.69) is 0 Å². The summed E-state index contributed by atoms with van der Waals surface area (Å²) in [7, 11) is 6.28. The van der Waals surface area contributed by atoms with Crippen molar-refractivity contribution >= 4 is 21.5 Å². The molecule has 5 heteroatoms. The molecule has 0 saturated heterocycles. The third kappa shape index (κ3) is 2.16. The molecule has 0 atom stereocenters. The summed E-state index contributed by atoms with van der Waals surface area (Å²) < 4.78 is 21.8. The van der Waals surface area contributed by atoms with Gasteiger partial charge in [-0.25, -0.2) is 0 Å². The molecule has 5 nitrogen and oxygen atoms in total. The van der Waals surface area contributed by atoms with Gasteiger partial charge in [0.2, 0.25) is 5.75 Å². The third-order valence-electron chi connectivity index (χ3n) is 3.94. The Balaban J connectivity index is 2.53. The van der Waals surface area contributed by atoms with Crippen LogP contribution in [0.4, 0.5) is 0 Å². The first-order valence-electron chi connectivity index (χ1n) is 7.07. The molecule has 0 aliphatic heterocycles. The smallest absolute Gasteiger partial charge is 0.203 e. The van der Waals surface area contributed by atoms with Gasteiger partial charge >= 0.3 is 0 Å². The van der Waals surface area contributed by atoms with Gasteiger partial charge in [-0.3, -0.25) is 0 Å². The molecule has 3 aromatic carbocycles. The molecule has 1 N–H and O–H groups in total. The van der Waals surface area contributed by atoms with Gasteiger partial charge < -0.3 is 24.1 Å². The Kier molecular flexibility index (Phi) is 3.78. The van der Waals surface area contributed by atoms with Crippen LogP contribution in [0.15, 0.2) is 30.3 Å². The van der Waals surface area contributed by atoms with E-state index >= 15 is 0 Å². The van der Waals surface area contributed by atoms with E-state index in [1.807, 2.05) is 24.3 Å². The molecule has 0 aliphatic rings. The Bertz CT molecular complexity index is 886. The van der Waals surface area contributed by atoms with Crippen LogP contribution in [0.5, 0.6) is 28.7 Å². The van der Waals surface area contributed by atoms with Crippen molar-refractivity contribution in [3.63, 3.8) is 0 Å². The van der Waals surface area contributed by atoms with Crippen molar-refractivity contribution in [3.8, 4) is 28.7 Å². The summed E-state index contributed by atoms with van der Waals surface area (Å²) in [6.45, 7) is 0. The zero-order valence-corrected chi connectivity index (χ0v) is 13.5. The van der Waals surface area contributed by atoms with Crippen molar-refractivity contribution in [2.45, 2.75) is 0 Å². The number of phenolic OH excluding ortho intramolecular Hbond substituents is 1. The second kappa shape index (κ2) is 5.76. The van der Waals surface area contributed by atoms with Crippen LogP contribution in [-0.2, 0) is 0 Å². The highest BCUT2D eigenvalue weighted by Crippen LogP contribution is 2.47. The van der Waals surface area contributed by atoms with E-state index in [0.29, 0.717) is 23.0 Å². The quantitative estimate of drug-likeness (QED) is 0.744. The van der Waals surface area contributed by atoms with Crippen molar-refractivity contribution < 1.29 is 24.1 Å². The van der Waals surface area contributed by atoms with Gasteiger partial charge in [-0.1, -0.05) is 6.07 Å². The SMILES string of the molecule is COc1cc2ccc3c(OC)c(O)ccc3c2c(OC)c1OC. The molecule has 0 fully saturated rings. The standard InChI is InChI=1S/C18H18O5/c1-20-14-9-10-5-6-12-11(7-8-13(19)16(12)21-2)15(10)18(23-4)17(14)22-3/h5-9,19H,1-4H3. The predicted molar refractivity (Wildman–Crippen MR) is 89.3 cm³/mol. The number of fused-ring (bicyclic) bond motifs is 3. The molecule has 0 saturated carbocycles. The van der Waals surface area contributed by atoms with E-state index in [0.717, 1.165) is 21.5 Å². The van der Waals surface area contributed by atoms with Crippen LogP contribution >= 0.6 is 0 Å². The number of ether oxygens (including phenoxy) is 4. The highest BCUT2D eigenvalue weighted by atomic mass is 16.5. The van der Waals surface area contributed by atoms with Gasteiger partial charge in [0.15, 0.2) is 23.0 Å². The van der Waals surface area contributed by atoms with Gasteiger partial charge in [-0.05, 0) is 35.0 Å². The summed E-state index contributed by atoms with van der Waals surface area (Å²) in [5, 5.41) is 13.5. The summed E-state index contributed by atoms with van der Waals surface area (Å²) in [5.41, 5.74) is 0. The summed E-state index contributed by atoms with van der Waals surface area (Å²) in [6.07, 6.45) is 0. The van der Waals surface area contributed by atoms with Gasteiger partial charge in [-0.2, -0.15) is 0 Å². The number of hydrogen-bond donors (Lipinski definition) is 1. The Hall–Kier alpha value is -2.82. The van der Waals surface area contributed by atoms with Crippen LogP contribution in [-0.4, -0.2) is 33.5 Å². The fraction of sp³-hybridized carbons (Fsp3) is 0.222. The van der Waals surface area contributed by atoms with Gasteiger partial charge in [0.05, 0.1) is 28.4 Å². The highest BCUT2D eigenvalue weighted by molar-refractivity contribution is 6.14. The zero-order valence-electron chi connectivity index (χ0n) is 13.5. The first kappa shape index (κ1) is 15.1. The third-order valence-corrected chi connectivity index (χ3v) is 3.94. The van der Waals surface area contributed by atoms with Crippen LogP contribution < -0.4 is 18.9 Å². The number of benzene rings is 3. The minimum Gasteiger partial charge on any atom is -0.504 e. The lowest BCUT2D eigenvalue weighted by molar-refractivity contribution is 0.327. The van der Waals surface area contributed by atoms with E-state index in [1.54, 1.807) is 27.4 Å². The molecular weight excluding hydrogens is 296 g/mol. The van der Waals surface area contributed by atoms with Crippen LogP contribution in [0, 0.1) is 0 Å². The topological polar surface area (TPSA) is 57.2 Å². The lowest BCUT2D eigenvalue weighted by Gasteiger charge is -2.17. The second-order valence-corrected chi connectivity index (χ2v) is 5.02. The molecule has 120 valence electrons. The molecule has 3 rings (SSSR count).